The summed E-state index contributed by atoms with van der Waals surface area (Å²) in [4.78, 5) is 13.8. The Morgan fingerprint density at radius 3 is 2.23 bits per heavy atom. The van der Waals surface area contributed by atoms with Crippen LogP contribution < -0.4 is 19.5 Å². The van der Waals surface area contributed by atoms with Gasteiger partial charge in [0, 0.05) is 39.6 Å². The van der Waals surface area contributed by atoms with Gasteiger partial charge in [0.25, 0.3) is 0 Å². The topological polar surface area (TPSA) is 163 Å². The fraction of sp³-hybridized carbons (Fsp3) is 0.263. The molecule has 0 unspecified atom stereocenters. The third-order valence-electron chi connectivity index (χ3n) is 4.63. The Morgan fingerprint density at radius 1 is 0.968 bits per heavy atom. The number of aryl methyl sites for hydroxylation is 1. The van der Waals surface area contributed by atoms with Gasteiger partial charge in [-0.15, -0.1) is 0 Å². The molecule has 0 saturated heterocycles. The van der Waals surface area contributed by atoms with E-state index in [1.807, 2.05) is 13.0 Å². The summed E-state index contributed by atoms with van der Waals surface area (Å²) < 4.78 is 16.1. The van der Waals surface area contributed by atoms with Crippen LogP contribution in [0, 0.1) is 6.92 Å². The Balaban J connectivity index is 2.00. The summed E-state index contributed by atoms with van der Waals surface area (Å²) in [5.41, 5.74) is 20.6. The minimum absolute atomic E-state index is 0.0991. The largest absolute Gasteiger partial charge is 0.493 e. The van der Waals surface area contributed by atoms with E-state index >= 15 is 0 Å². The first-order chi connectivity index (χ1) is 15.1. The monoisotopic (exact) mass is 421 g/mol. The SMILES string of the molecule is COc1cc(NCc2ccc3nc(N=[N+]=[N-])nc(N=[N+]=[N-])c3c2C)cc(OC)c1OC. The minimum Gasteiger partial charge on any atom is -0.493 e. The second kappa shape index (κ2) is 9.40. The number of nitrogens with zero attached hydrogens (tertiary/aromatic N) is 8. The lowest BCUT2D eigenvalue weighted by Crippen LogP contribution is -2.04. The van der Waals surface area contributed by atoms with Gasteiger partial charge >= 0.3 is 0 Å². The lowest BCUT2D eigenvalue weighted by atomic mass is 10.0. The van der Waals surface area contributed by atoms with Gasteiger partial charge in [0.1, 0.15) is 5.82 Å². The zero-order valence-corrected chi connectivity index (χ0v) is 17.3. The second-order valence-corrected chi connectivity index (χ2v) is 6.24. The Morgan fingerprint density at radius 2 is 1.65 bits per heavy atom. The van der Waals surface area contributed by atoms with E-state index in [9.17, 15) is 0 Å². The fourth-order valence-electron chi connectivity index (χ4n) is 3.17. The molecule has 0 spiro atoms. The number of methoxy groups -OCH3 is 3. The van der Waals surface area contributed by atoms with Crippen LogP contribution in [0.4, 0.5) is 17.5 Å². The van der Waals surface area contributed by atoms with Gasteiger partial charge in [-0.05, 0) is 45.4 Å². The van der Waals surface area contributed by atoms with Crippen LogP contribution in [0.15, 0.2) is 34.5 Å². The van der Waals surface area contributed by atoms with Gasteiger partial charge in [-0.1, -0.05) is 6.07 Å². The van der Waals surface area contributed by atoms with Crippen molar-refractivity contribution >= 4 is 28.4 Å². The van der Waals surface area contributed by atoms with Crippen LogP contribution in [0.25, 0.3) is 31.8 Å². The summed E-state index contributed by atoms with van der Waals surface area (Å²) in [6.07, 6.45) is 0. The molecule has 1 N–H and O–H groups in total. The van der Waals surface area contributed by atoms with Crippen LogP contribution in [0.3, 0.4) is 0 Å². The van der Waals surface area contributed by atoms with Crippen LogP contribution in [0.5, 0.6) is 17.2 Å². The lowest BCUT2D eigenvalue weighted by molar-refractivity contribution is 0.324. The van der Waals surface area contributed by atoms with Crippen LogP contribution in [-0.4, -0.2) is 31.3 Å². The van der Waals surface area contributed by atoms with E-state index in [4.69, 9.17) is 25.3 Å². The van der Waals surface area contributed by atoms with Gasteiger partial charge in [0.2, 0.25) is 11.7 Å². The quantitative estimate of drug-likeness (QED) is 0.288. The molecule has 0 atom stereocenters. The second-order valence-electron chi connectivity index (χ2n) is 6.24. The first kappa shape index (κ1) is 21.3. The van der Waals surface area contributed by atoms with E-state index < -0.39 is 0 Å². The summed E-state index contributed by atoms with van der Waals surface area (Å²) >= 11 is 0. The average Bonchev–Trinajstić information content (AvgIpc) is 2.78. The number of fused-ring (bicyclic) bond motifs is 1. The van der Waals surface area contributed by atoms with E-state index in [0.717, 1.165) is 16.8 Å². The van der Waals surface area contributed by atoms with Crippen molar-refractivity contribution in [1.29, 1.82) is 0 Å². The molecule has 158 valence electrons. The van der Waals surface area contributed by atoms with Crippen molar-refractivity contribution < 1.29 is 14.2 Å². The summed E-state index contributed by atoms with van der Waals surface area (Å²) in [5, 5.41) is 11.0. The number of benzene rings is 2. The van der Waals surface area contributed by atoms with Crippen molar-refractivity contribution in [2.24, 2.45) is 10.2 Å². The average molecular weight is 421 g/mol. The molecule has 0 fully saturated rings. The van der Waals surface area contributed by atoms with Crippen molar-refractivity contribution in [1.82, 2.24) is 9.97 Å². The van der Waals surface area contributed by atoms with Crippen molar-refractivity contribution in [2.45, 2.75) is 13.5 Å². The highest BCUT2D eigenvalue weighted by atomic mass is 16.5. The molecule has 3 rings (SSSR count). The minimum atomic E-state index is -0.111. The predicted molar refractivity (Wildman–Crippen MR) is 115 cm³/mol. The third kappa shape index (κ3) is 4.30. The Hall–Kier alpha value is -4.40. The normalized spacial score (nSPS) is 10.1. The van der Waals surface area contributed by atoms with E-state index in [-0.39, 0.29) is 11.8 Å². The molecule has 1 heterocycles. The van der Waals surface area contributed by atoms with E-state index in [1.54, 1.807) is 39.5 Å². The van der Waals surface area contributed by atoms with Gasteiger partial charge < -0.3 is 19.5 Å². The summed E-state index contributed by atoms with van der Waals surface area (Å²) in [7, 11) is 4.65. The molecule has 0 amide bonds. The van der Waals surface area contributed by atoms with Crippen LogP contribution >= 0.6 is 0 Å². The van der Waals surface area contributed by atoms with Crippen molar-refractivity contribution in [3.63, 3.8) is 0 Å². The number of nitrogens with one attached hydrogen (secondary N) is 1. The number of rotatable bonds is 8. The van der Waals surface area contributed by atoms with Crippen LogP contribution in [-0.2, 0) is 6.54 Å². The number of aromatic nitrogens is 2. The van der Waals surface area contributed by atoms with E-state index in [2.05, 4.69) is 35.3 Å². The molecular formula is C19H19N9O3. The van der Waals surface area contributed by atoms with Gasteiger partial charge in [-0.25, -0.2) is 9.97 Å². The molecule has 0 aliphatic heterocycles. The molecule has 0 aliphatic carbocycles. The zero-order valence-electron chi connectivity index (χ0n) is 17.3. The van der Waals surface area contributed by atoms with Gasteiger partial charge in [0.05, 0.1) is 26.8 Å². The maximum absolute atomic E-state index is 8.90. The number of hydrogen-bond acceptors (Lipinski definition) is 8. The highest BCUT2D eigenvalue weighted by molar-refractivity contribution is 5.92. The molecule has 2 aromatic carbocycles. The third-order valence-corrected chi connectivity index (χ3v) is 4.63. The van der Waals surface area contributed by atoms with Crippen LogP contribution in [0.1, 0.15) is 11.1 Å². The molecule has 12 heteroatoms. The maximum Gasteiger partial charge on any atom is 0.217 e. The van der Waals surface area contributed by atoms with E-state index in [0.29, 0.717) is 34.7 Å². The first-order valence-electron chi connectivity index (χ1n) is 9.00. The standard InChI is InChI=1S/C19H19N9O3/c1-10-11(9-22-12-7-14(29-2)17(31-4)15(8-12)30-3)5-6-13-16(10)18(25-27-20)24-19(23-13)26-28-21/h5-8,22H,9H2,1-4H3. The Kier molecular flexibility index (Phi) is 6.46. The highest BCUT2D eigenvalue weighted by Gasteiger charge is 2.15. The molecule has 3 aromatic rings. The molecule has 31 heavy (non-hydrogen) atoms. The predicted octanol–water partition coefficient (Wildman–Crippen LogP) is 5.46. The van der Waals surface area contributed by atoms with Crippen molar-refractivity contribution in [3.8, 4) is 17.2 Å². The maximum atomic E-state index is 8.90. The molecule has 0 saturated carbocycles. The molecule has 1 aromatic heterocycles. The summed E-state index contributed by atoms with van der Waals surface area (Å²) in [6.45, 7) is 2.33. The van der Waals surface area contributed by atoms with Gasteiger partial charge in [0.15, 0.2) is 11.5 Å². The Labute approximate surface area is 177 Å². The molecular weight excluding hydrogens is 402 g/mol. The summed E-state index contributed by atoms with van der Waals surface area (Å²) in [6, 6.07) is 7.25. The number of azide groups is 2. The first-order valence-corrected chi connectivity index (χ1v) is 9.00. The van der Waals surface area contributed by atoms with Crippen LogP contribution in [0.2, 0.25) is 0 Å². The highest BCUT2D eigenvalue weighted by Crippen LogP contribution is 2.40. The van der Waals surface area contributed by atoms with Gasteiger partial charge in [-0.3, -0.25) is 0 Å². The fourth-order valence-corrected chi connectivity index (χ4v) is 3.17. The summed E-state index contributed by atoms with van der Waals surface area (Å²) in [5.74, 6) is 1.56. The zero-order chi connectivity index (χ0) is 22.4. The van der Waals surface area contributed by atoms with Gasteiger partial charge in [-0.2, -0.15) is 0 Å². The van der Waals surface area contributed by atoms with Crippen molar-refractivity contribution in [2.75, 3.05) is 26.6 Å². The number of hydrogen-bond donors (Lipinski definition) is 1. The molecule has 0 radical (unpaired) electrons. The van der Waals surface area contributed by atoms with E-state index in [1.165, 1.54) is 0 Å². The number of anilines is 1. The number of ether oxygens (including phenoxy) is 3. The smallest absolute Gasteiger partial charge is 0.217 e. The van der Waals surface area contributed by atoms with Crippen molar-refractivity contribution in [3.05, 3.63) is 56.3 Å². The lowest BCUT2D eigenvalue weighted by Gasteiger charge is -2.16. The molecule has 0 bridgehead atoms. The molecule has 0 aliphatic rings. The molecule has 12 nitrogen and oxygen atoms in total. The Bertz CT molecular complexity index is 1210.